The van der Waals surface area contributed by atoms with Gasteiger partial charge in [0.2, 0.25) is 0 Å². The van der Waals surface area contributed by atoms with Crippen LogP contribution in [0.25, 0.3) is 0 Å². The summed E-state index contributed by atoms with van der Waals surface area (Å²) in [4.78, 5) is 4.22. The quantitative estimate of drug-likeness (QED) is 0.857. The predicted molar refractivity (Wildman–Crippen MR) is 77.9 cm³/mol. The van der Waals surface area contributed by atoms with Crippen LogP contribution in [0.5, 0.6) is 0 Å². The van der Waals surface area contributed by atoms with E-state index in [1.807, 2.05) is 13.1 Å². The van der Waals surface area contributed by atoms with Crippen LogP contribution < -0.4 is 11.1 Å². The molecule has 1 aromatic rings. The van der Waals surface area contributed by atoms with Crippen LogP contribution >= 0.6 is 0 Å². The van der Waals surface area contributed by atoms with Gasteiger partial charge >= 0.3 is 0 Å². The lowest BCUT2D eigenvalue weighted by molar-refractivity contribution is -0.0897. The van der Waals surface area contributed by atoms with Crippen LogP contribution in [0.2, 0.25) is 0 Å². The second-order valence-electron chi connectivity index (χ2n) is 5.26. The summed E-state index contributed by atoms with van der Waals surface area (Å²) in [6.45, 7) is 2.80. The average Bonchev–Trinajstić information content (AvgIpc) is 2.43. The molecule has 4 heteroatoms. The van der Waals surface area contributed by atoms with Crippen LogP contribution in [0.15, 0.2) is 18.3 Å². The number of nitrogens with zero attached hydrogens (tertiary/aromatic N) is 1. The molecule has 2 rings (SSSR count). The maximum atomic E-state index is 6.19. The highest BCUT2D eigenvalue weighted by molar-refractivity contribution is 5.42. The number of nitrogens with two attached hydrogens (primary N) is 1. The highest BCUT2D eigenvalue weighted by atomic mass is 16.5. The molecule has 0 aliphatic heterocycles. The molecule has 0 spiro atoms. The zero-order valence-electron chi connectivity index (χ0n) is 12.0. The molecule has 1 heterocycles. The standard InChI is InChI=1S/C15H25N3O/c1-3-19-15(9-5-4-6-10-15)13(17-2)12-8-7-11-18-14(12)16/h7-8,11,13,17H,3-6,9-10H2,1-2H3,(H2,16,18). The third-order valence-corrected chi connectivity index (χ3v) is 4.13. The van der Waals surface area contributed by atoms with E-state index in [0.29, 0.717) is 5.82 Å². The Labute approximate surface area is 115 Å². The Morgan fingerprint density at radius 1 is 1.42 bits per heavy atom. The number of pyridine rings is 1. The summed E-state index contributed by atoms with van der Waals surface area (Å²) in [5, 5.41) is 3.41. The minimum Gasteiger partial charge on any atom is -0.383 e. The van der Waals surface area contributed by atoms with Gasteiger partial charge in [0.05, 0.1) is 11.6 Å². The van der Waals surface area contributed by atoms with Crippen LogP contribution in [0.1, 0.15) is 50.6 Å². The average molecular weight is 263 g/mol. The van der Waals surface area contributed by atoms with Crippen molar-refractivity contribution in [1.29, 1.82) is 0 Å². The molecular formula is C15H25N3O. The summed E-state index contributed by atoms with van der Waals surface area (Å²) in [5.41, 5.74) is 6.97. The molecule has 3 N–H and O–H groups in total. The van der Waals surface area contributed by atoms with Crippen LogP contribution in [-0.2, 0) is 4.74 Å². The number of likely N-dealkylation sites (N-methyl/N-ethyl adjacent to an activating group) is 1. The lowest BCUT2D eigenvalue weighted by Gasteiger charge is -2.43. The predicted octanol–water partition coefficient (Wildman–Crippen LogP) is 2.66. The zero-order chi connectivity index (χ0) is 13.7. The molecule has 0 aromatic carbocycles. The molecule has 1 unspecified atom stereocenters. The summed E-state index contributed by atoms with van der Waals surface area (Å²) in [5.74, 6) is 0.603. The van der Waals surface area contributed by atoms with Crippen molar-refractivity contribution in [1.82, 2.24) is 10.3 Å². The van der Waals surface area contributed by atoms with E-state index < -0.39 is 0 Å². The number of nitrogen functional groups attached to an aromatic ring is 1. The van der Waals surface area contributed by atoms with Crippen molar-refractivity contribution in [3.8, 4) is 0 Å². The summed E-state index contributed by atoms with van der Waals surface area (Å²) in [6.07, 6.45) is 7.64. The second kappa shape index (κ2) is 6.35. The molecule has 0 radical (unpaired) electrons. The molecule has 106 valence electrons. The van der Waals surface area contributed by atoms with Gasteiger partial charge in [-0.15, -0.1) is 0 Å². The Hall–Kier alpha value is -1.13. The van der Waals surface area contributed by atoms with Crippen molar-refractivity contribution < 1.29 is 4.74 Å². The number of anilines is 1. The molecule has 0 amide bonds. The normalized spacial score (nSPS) is 20.1. The molecule has 0 bridgehead atoms. The molecule has 1 fully saturated rings. The van der Waals surface area contributed by atoms with Crippen molar-refractivity contribution in [2.45, 2.75) is 50.7 Å². The van der Waals surface area contributed by atoms with E-state index in [1.54, 1.807) is 6.20 Å². The minimum atomic E-state index is -0.140. The van der Waals surface area contributed by atoms with E-state index in [1.165, 1.54) is 19.3 Å². The topological polar surface area (TPSA) is 60.2 Å². The van der Waals surface area contributed by atoms with Crippen molar-refractivity contribution in [3.63, 3.8) is 0 Å². The largest absolute Gasteiger partial charge is 0.383 e. The summed E-state index contributed by atoms with van der Waals surface area (Å²) < 4.78 is 6.19. The van der Waals surface area contributed by atoms with Gasteiger partial charge in [0.25, 0.3) is 0 Å². The van der Waals surface area contributed by atoms with Crippen molar-refractivity contribution in [2.75, 3.05) is 19.4 Å². The number of hydrogen-bond donors (Lipinski definition) is 2. The smallest absolute Gasteiger partial charge is 0.128 e. The first-order chi connectivity index (χ1) is 9.23. The SMILES string of the molecule is CCOC1(C(NC)c2cccnc2N)CCCCC1. The van der Waals surface area contributed by atoms with Crippen LogP contribution in [0.3, 0.4) is 0 Å². The third kappa shape index (κ3) is 2.90. The molecule has 19 heavy (non-hydrogen) atoms. The number of nitrogens with one attached hydrogen (secondary N) is 1. The lowest BCUT2D eigenvalue weighted by atomic mass is 9.76. The molecular weight excluding hydrogens is 238 g/mol. The molecule has 1 aliphatic carbocycles. The highest BCUT2D eigenvalue weighted by Gasteiger charge is 2.41. The third-order valence-electron chi connectivity index (χ3n) is 4.13. The fourth-order valence-corrected chi connectivity index (χ4v) is 3.33. The van der Waals surface area contributed by atoms with Gasteiger partial charge in [-0.25, -0.2) is 4.98 Å². The van der Waals surface area contributed by atoms with Crippen LogP contribution in [0.4, 0.5) is 5.82 Å². The molecule has 1 saturated carbocycles. The van der Waals surface area contributed by atoms with Gasteiger partial charge in [0.1, 0.15) is 5.82 Å². The first-order valence-corrected chi connectivity index (χ1v) is 7.25. The first-order valence-electron chi connectivity index (χ1n) is 7.25. The lowest BCUT2D eigenvalue weighted by Crippen LogP contribution is -2.47. The fourth-order valence-electron chi connectivity index (χ4n) is 3.33. The van der Waals surface area contributed by atoms with Gasteiger partial charge in [-0.2, -0.15) is 0 Å². The minimum absolute atomic E-state index is 0.112. The van der Waals surface area contributed by atoms with Gasteiger partial charge < -0.3 is 15.8 Å². The fraction of sp³-hybridized carbons (Fsp3) is 0.667. The van der Waals surface area contributed by atoms with E-state index in [-0.39, 0.29) is 11.6 Å². The van der Waals surface area contributed by atoms with Gasteiger partial charge in [-0.3, -0.25) is 0 Å². The van der Waals surface area contributed by atoms with Gasteiger partial charge in [-0.1, -0.05) is 25.3 Å². The molecule has 1 aromatic heterocycles. The Bertz CT molecular complexity index is 397. The molecule has 0 saturated heterocycles. The Balaban J connectivity index is 2.34. The van der Waals surface area contributed by atoms with E-state index in [0.717, 1.165) is 25.0 Å². The first kappa shape index (κ1) is 14.3. The van der Waals surface area contributed by atoms with Crippen LogP contribution in [0, 0.1) is 0 Å². The monoisotopic (exact) mass is 263 g/mol. The number of ether oxygens (including phenoxy) is 1. The van der Waals surface area contributed by atoms with Gasteiger partial charge in [0.15, 0.2) is 0 Å². The summed E-state index contributed by atoms with van der Waals surface area (Å²) in [6, 6.07) is 4.11. The maximum absolute atomic E-state index is 6.19. The summed E-state index contributed by atoms with van der Waals surface area (Å²) >= 11 is 0. The highest BCUT2D eigenvalue weighted by Crippen LogP contribution is 2.42. The van der Waals surface area contributed by atoms with Crippen molar-refractivity contribution in [2.24, 2.45) is 0 Å². The van der Waals surface area contributed by atoms with Crippen molar-refractivity contribution in [3.05, 3.63) is 23.9 Å². The Kier molecular flexibility index (Phi) is 4.77. The Morgan fingerprint density at radius 3 is 2.74 bits per heavy atom. The summed E-state index contributed by atoms with van der Waals surface area (Å²) in [7, 11) is 1.98. The zero-order valence-corrected chi connectivity index (χ0v) is 12.0. The Morgan fingerprint density at radius 2 is 2.16 bits per heavy atom. The van der Waals surface area contributed by atoms with E-state index in [2.05, 4.69) is 23.3 Å². The molecule has 1 atom stereocenters. The second-order valence-corrected chi connectivity index (χ2v) is 5.26. The van der Waals surface area contributed by atoms with E-state index >= 15 is 0 Å². The number of aromatic nitrogens is 1. The number of hydrogen-bond acceptors (Lipinski definition) is 4. The van der Waals surface area contributed by atoms with Gasteiger partial charge in [0, 0.05) is 18.4 Å². The maximum Gasteiger partial charge on any atom is 0.128 e. The number of rotatable bonds is 5. The van der Waals surface area contributed by atoms with Crippen LogP contribution in [-0.4, -0.2) is 24.2 Å². The molecule has 1 aliphatic rings. The van der Waals surface area contributed by atoms with Crippen molar-refractivity contribution >= 4 is 5.82 Å². The van der Waals surface area contributed by atoms with Gasteiger partial charge in [-0.05, 0) is 32.9 Å². The van der Waals surface area contributed by atoms with E-state index in [4.69, 9.17) is 10.5 Å². The van der Waals surface area contributed by atoms with E-state index in [9.17, 15) is 0 Å². The molecule has 4 nitrogen and oxygen atoms in total.